The molecule has 2 aliphatic rings. The number of hydrogen-bond donors (Lipinski definition) is 1. The van der Waals surface area contributed by atoms with Gasteiger partial charge in [0.2, 0.25) is 0 Å². The molecule has 1 heteroatoms. The SMILES string of the molecule is CCC1CCCCC1NCC1CCCc2ccccc21. The zero-order valence-corrected chi connectivity index (χ0v) is 12.9. The highest BCUT2D eigenvalue weighted by molar-refractivity contribution is 5.32. The Morgan fingerprint density at radius 2 is 1.90 bits per heavy atom. The van der Waals surface area contributed by atoms with Crippen molar-refractivity contribution >= 4 is 0 Å². The maximum absolute atomic E-state index is 3.93. The molecule has 1 saturated carbocycles. The van der Waals surface area contributed by atoms with Crippen LogP contribution in [0.5, 0.6) is 0 Å². The minimum absolute atomic E-state index is 0.749. The summed E-state index contributed by atoms with van der Waals surface area (Å²) in [5.41, 5.74) is 3.22. The molecule has 0 aliphatic heterocycles. The molecule has 1 nitrogen and oxygen atoms in total. The molecule has 3 unspecified atom stereocenters. The van der Waals surface area contributed by atoms with Crippen molar-refractivity contribution in [3.63, 3.8) is 0 Å². The van der Waals surface area contributed by atoms with Crippen molar-refractivity contribution in [2.45, 2.75) is 70.3 Å². The quantitative estimate of drug-likeness (QED) is 0.839. The van der Waals surface area contributed by atoms with Crippen molar-refractivity contribution < 1.29 is 0 Å². The molecule has 0 heterocycles. The van der Waals surface area contributed by atoms with Crippen LogP contribution in [0, 0.1) is 5.92 Å². The van der Waals surface area contributed by atoms with Gasteiger partial charge in [-0.2, -0.15) is 0 Å². The predicted octanol–water partition coefficient (Wildman–Crippen LogP) is 4.66. The summed E-state index contributed by atoms with van der Waals surface area (Å²) in [4.78, 5) is 0. The minimum atomic E-state index is 0.749. The van der Waals surface area contributed by atoms with E-state index < -0.39 is 0 Å². The van der Waals surface area contributed by atoms with Gasteiger partial charge in [0.1, 0.15) is 0 Å². The van der Waals surface area contributed by atoms with Gasteiger partial charge in [-0.15, -0.1) is 0 Å². The Balaban J connectivity index is 1.61. The summed E-state index contributed by atoms with van der Waals surface area (Å²) in [7, 11) is 0. The zero-order chi connectivity index (χ0) is 13.8. The first-order chi connectivity index (χ1) is 9.88. The average Bonchev–Trinajstić information content (AvgIpc) is 2.53. The van der Waals surface area contributed by atoms with Gasteiger partial charge in [-0.1, -0.05) is 50.5 Å². The summed E-state index contributed by atoms with van der Waals surface area (Å²) in [5, 5.41) is 3.93. The van der Waals surface area contributed by atoms with E-state index >= 15 is 0 Å². The van der Waals surface area contributed by atoms with Crippen LogP contribution < -0.4 is 5.32 Å². The molecule has 1 aromatic carbocycles. The largest absolute Gasteiger partial charge is 0.313 e. The van der Waals surface area contributed by atoms with Crippen molar-refractivity contribution in [3.05, 3.63) is 35.4 Å². The van der Waals surface area contributed by atoms with Crippen LogP contribution in [0.15, 0.2) is 24.3 Å². The topological polar surface area (TPSA) is 12.0 Å². The fourth-order valence-corrected chi connectivity index (χ4v) is 4.33. The Labute approximate surface area is 124 Å². The summed E-state index contributed by atoms with van der Waals surface area (Å²) in [6.07, 6.45) is 11.1. The molecule has 0 saturated heterocycles. The minimum Gasteiger partial charge on any atom is -0.313 e. The summed E-state index contributed by atoms with van der Waals surface area (Å²) in [5.74, 6) is 1.67. The Bertz CT molecular complexity index is 426. The molecule has 3 rings (SSSR count). The Hall–Kier alpha value is -0.820. The summed E-state index contributed by atoms with van der Waals surface area (Å²) < 4.78 is 0. The lowest BCUT2D eigenvalue weighted by atomic mass is 9.80. The van der Waals surface area contributed by atoms with Crippen LogP contribution in [-0.4, -0.2) is 12.6 Å². The second-order valence-corrected chi connectivity index (χ2v) is 6.76. The van der Waals surface area contributed by atoms with E-state index in [-0.39, 0.29) is 0 Å². The van der Waals surface area contributed by atoms with E-state index in [4.69, 9.17) is 0 Å². The summed E-state index contributed by atoms with van der Waals surface area (Å²) in [6, 6.07) is 9.88. The number of nitrogens with one attached hydrogen (secondary N) is 1. The predicted molar refractivity (Wildman–Crippen MR) is 86.2 cm³/mol. The highest BCUT2D eigenvalue weighted by atomic mass is 14.9. The zero-order valence-electron chi connectivity index (χ0n) is 12.9. The molecule has 2 aliphatic carbocycles. The summed E-state index contributed by atoms with van der Waals surface area (Å²) in [6.45, 7) is 3.55. The molecule has 0 spiro atoms. The maximum atomic E-state index is 3.93. The van der Waals surface area contributed by atoms with Gasteiger partial charge in [-0.05, 0) is 55.1 Å². The molecule has 20 heavy (non-hydrogen) atoms. The second-order valence-electron chi connectivity index (χ2n) is 6.76. The van der Waals surface area contributed by atoms with Gasteiger partial charge >= 0.3 is 0 Å². The number of hydrogen-bond acceptors (Lipinski definition) is 1. The first kappa shape index (κ1) is 14.1. The van der Waals surface area contributed by atoms with Crippen LogP contribution in [0.1, 0.15) is 68.9 Å². The van der Waals surface area contributed by atoms with Gasteiger partial charge in [0.05, 0.1) is 0 Å². The van der Waals surface area contributed by atoms with Gasteiger partial charge in [0.25, 0.3) is 0 Å². The third-order valence-electron chi connectivity index (χ3n) is 5.55. The first-order valence-electron chi connectivity index (χ1n) is 8.69. The van der Waals surface area contributed by atoms with Gasteiger partial charge in [0, 0.05) is 12.6 Å². The van der Waals surface area contributed by atoms with Crippen LogP contribution in [0.4, 0.5) is 0 Å². The molecular formula is C19H29N. The Morgan fingerprint density at radius 1 is 1.05 bits per heavy atom. The highest BCUT2D eigenvalue weighted by Crippen LogP contribution is 2.32. The molecule has 0 aromatic heterocycles. The lowest BCUT2D eigenvalue weighted by Gasteiger charge is -2.34. The fraction of sp³-hybridized carbons (Fsp3) is 0.684. The van der Waals surface area contributed by atoms with Gasteiger partial charge in [-0.3, -0.25) is 0 Å². The smallest absolute Gasteiger partial charge is 0.00954 e. The van der Waals surface area contributed by atoms with Crippen molar-refractivity contribution in [2.24, 2.45) is 5.92 Å². The Kier molecular flexibility index (Phi) is 4.77. The molecule has 1 N–H and O–H groups in total. The lowest BCUT2D eigenvalue weighted by Crippen LogP contribution is -2.40. The number of benzene rings is 1. The molecule has 0 radical (unpaired) electrons. The van der Waals surface area contributed by atoms with Gasteiger partial charge < -0.3 is 5.32 Å². The maximum Gasteiger partial charge on any atom is 0.00954 e. The molecule has 0 bridgehead atoms. The summed E-state index contributed by atoms with van der Waals surface area (Å²) >= 11 is 0. The number of rotatable bonds is 4. The highest BCUT2D eigenvalue weighted by Gasteiger charge is 2.25. The third kappa shape index (κ3) is 3.09. The van der Waals surface area contributed by atoms with E-state index in [9.17, 15) is 0 Å². The van der Waals surface area contributed by atoms with E-state index in [0.29, 0.717) is 0 Å². The van der Waals surface area contributed by atoms with Gasteiger partial charge in [0.15, 0.2) is 0 Å². The molecule has 3 atom stereocenters. The van der Waals surface area contributed by atoms with Crippen molar-refractivity contribution in [1.82, 2.24) is 5.32 Å². The van der Waals surface area contributed by atoms with E-state index in [1.807, 2.05) is 0 Å². The Morgan fingerprint density at radius 3 is 2.80 bits per heavy atom. The van der Waals surface area contributed by atoms with E-state index in [1.54, 1.807) is 11.1 Å². The van der Waals surface area contributed by atoms with Crippen LogP contribution in [-0.2, 0) is 6.42 Å². The number of aryl methyl sites for hydroxylation is 1. The molecule has 110 valence electrons. The van der Waals surface area contributed by atoms with Crippen molar-refractivity contribution in [3.8, 4) is 0 Å². The average molecular weight is 271 g/mol. The fourth-order valence-electron chi connectivity index (χ4n) is 4.33. The van der Waals surface area contributed by atoms with E-state index in [2.05, 4.69) is 36.5 Å². The van der Waals surface area contributed by atoms with E-state index in [0.717, 1.165) is 17.9 Å². The third-order valence-corrected chi connectivity index (χ3v) is 5.55. The number of fused-ring (bicyclic) bond motifs is 1. The monoisotopic (exact) mass is 271 g/mol. The molecule has 0 amide bonds. The van der Waals surface area contributed by atoms with Crippen LogP contribution >= 0.6 is 0 Å². The van der Waals surface area contributed by atoms with Crippen LogP contribution in [0.3, 0.4) is 0 Å². The van der Waals surface area contributed by atoms with Crippen molar-refractivity contribution in [1.29, 1.82) is 0 Å². The van der Waals surface area contributed by atoms with Crippen LogP contribution in [0.2, 0.25) is 0 Å². The molecule has 1 aromatic rings. The van der Waals surface area contributed by atoms with Crippen LogP contribution in [0.25, 0.3) is 0 Å². The first-order valence-corrected chi connectivity index (χ1v) is 8.69. The van der Waals surface area contributed by atoms with Gasteiger partial charge in [-0.25, -0.2) is 0 Å². The standard InChI is InChI=1S/C19H29N/c1-2-15-8-4-6-13-19(15)20-14-17-11-7-10-16-9-3-5-12-18(16)17/h3,5,9,12,15,17,19-20H,2,4,6-8,10-11,13-14H2,1H3. The normalized spacial score (nSPS) is 29.9. The van der Waals surface area contributed by atoms with E-state index in [1.165, 1.54) is 57.9 Å². The van der Waals surface area contributed by atoms with Crippen molar-refractivity contribution in [2.75, 3.05) is 6.54 Å². The molecule has 1 fully saturated rings. The second kappa shape index (κ2) is 6.76. The lowest BCUT2D eigenvalue weighted by molar-refractivity contribution is 0.250. The molecular weight excluding hydrogens is 242 g/mol.